The van der Waals surface area contributed by atoms with Crippen molar-refractivity contribution in [3.8, 4) is 0 Å². The van der Waals surface area contributed by atoms with Crippen LogP contribution in [0.25, 0.3) is 5.65 Å². The fraction of sp³-hybridized carbons (Fsp3) is 0.606. The third kappa shape index (κ3) is 7.10. The Labute approximate surface area is 269 Å². The van der Waals surface area contributed by atoms with Crippen LogP contribution in [0.2, 0.25) is 0 Å². The SMILES string of the molecule is CC(C)(C)OC(=O)N1CCC(N)CC12CC2.Cc1cn2cc(NC(=O)c3cnc(N(C)[C@@H]4CCNC5(CC5)C4)cn3)cc(F)c2n1. The van der Waals surface area contributed by atoms with Crippen molar-refractivity contribution in [1.29, 1.82) is 0 Å². The first-order chi connectivity index (χ1) is 21.7. The van der Waals surface area contributed by atoms with Crippen molar-refractivity contribution < 1.29 is 18.7 Å². The minimum absolute atomic E-state index is 0.0417. The molecule has 5 heterocycles. The molecule has 12 nitrogen and oxygen atoms in total. The van der Waals surface area contributed by atoms with Gasteiger partial charge in [-0.25, -0.2) is 24.1 Å². The molecule has 3 aromatic heterocycles. The van der Waals surface area contributed by atoms with Crippen LogP contribution in [0.4, 0.5) is 20.7 Å². The smallest absolute Gasteiger partial charge is 0.410 e. The highest BCUT2D eigenvalue weighted by molar-refractivity contribution is 6.02. The Kier molecular flexibility index (Phi) is 8.43. The molecule has 3 aromatic rings. The number of pyridine rings is 1. The Hall–Kier alpha value is -3.84. The van der Waals surface area contributed by atoms with Crippen molar-refractivity contribution in [2.45, 2.75) is 108 Å². The molecule has 2 spiro atoms. The zero-order chi connectivity index (χ0) is 32.9. The second-order valence-electron chi connectivity index (χ2n) is 14.5. The summed E-state index contributed by atoms with van der Waals surface area (Å²) in [7, 11) is 2.03. The number of amides is 2. The number of carbonyl (C=O) groups is 2. The number of hydrogen-bond acceptors (Lipinski definition) is 9. The van der Waals surface area contributed by atoms with Crippen LogP contribution in [0.3, 0.4) is 0 Å². The van der Waals surface area contributed by atoms with E-state index in [0.29, 0.717) is 23.0 Å². The van der Waals surface area contributed by atoms with E-state index in [-0.39, 0.29) is 29.0 Å². The lowest BCUT2D eigenvalue weighted by molar-refractivity contribution is 0.00408. The standard InChI is InChI=1S/C21H24FN7O.C12H22N2O2/c1-13-11-29-12-14(7-16(22)19(29)26-13)27-20(30)17-9-24-18(10-23-17)28(2)15-3-6-25-21(8-15)4-5-21;1-11(2,3)16-10(15)14-7-4-9(13)8-12(14)5-6-12/h7,9-12,15,25H,3-6,8H2,1-2H3,(H,27,30);9H,4-8,13H2,1-3H3/t15-;/m1./s1. The Bertz CT molecular complexity index is 1590. The van der Waals surface area contributed by atoms with E-state index in [4.69, 9.17) is 10.5 Å². The van der Waals surface area contributed by atoms with Gasteiger partial charge in [0.1, 0.15) is 17.1 Å². The lowest BCUT2D eigenvalue weighted by Crippen LogP contribution is -2.52. The molecule has 4 N–H and O–H groups in total. The molecule has 2 aliphatic carbocycles. The minimum atomic E-state index is -0.501. The van der Waals surface area contributed by atoms with Crippen molar-refractivity contribution >= 4 is 29.2 Å². The van der Waals surface area contributed by atoms with Crippen LogP contribution < -0.4 is 21.3 Å². The molecular formula is C33H46FN9O3. The van der Waals surface area contributed by atoms with Gasteiger partial charge in [0.25, 0.3) is 5.91 Å². The largest absolute Gasteiger partial charge is 0.444 e. The number of aromatic nitrogens is 4. The highest BCUT2D eigenvalue weighted by Crippen LogP contribution is 2.48. The molecule has 2 atom stereocenters. The molecule has 2 saturated heterocycles. The van der Waals surface area contributed by atoms with Crippen molar-refractivity contribution in [2.75, 3.05) is 30.4 Å². The fourth-order valence-electron chi connectivity index (χ4n) is 6.69. The number of ether oxygens (including phenoxy) is 1. The number of likely N-dealkylation sites (tertiary alicyclic amines) is 1. The van der Waals surface area contributed by atoms with E-state index < -0.39 is 17.3 Å². The molecule has 0 bridgehead atoms. The Morgan fingerprint density at radius 1 is 1.13 bits per heavy atom. The molecule has 2 saturated carbocycles. The second kappa shape index (κ2) is 12.1. The van der Waals surface area contributed by atoms with Gasteiger partial charge in [0.15, 0.2) is 11.5 Å². The van der Waals surface area contributed by atoms with Gasteiger partial charge in [0.05, 0.1) is 23.8 Å². The number of hydrogen-bond donors (Lipinski definition) is 3. The van der Waals surface area contributed by atoms with E-state index in [1.807, 2.05) is 32.7 Å². The fourth-order valence-corrected chi connectivity index (χ4v) is 6.69. The molecule has 1 unspecified atom stereocenters. The first-order valence-electron chi connectivity index (χ1n) is 16.3. The van der Waals surface area contributed by atoms with E-state index in [2.05, 4.69) is 30.5 Å². The highest BCUT2D eigenvalue weighted by atomic mass is 19.1. The summed E-state index contributed by atoms with van der Waals surface area (Å²) in [5.41, 5.74) is 7.35. The van der Waals surface area contributed by atoms with Crippen LogP contribution in [0, 0.1) is 12.7 Å². The van der Waals surface area contributed by atoms with E-state index in [0.717, 1.165) is 57.4 Å². The molecule has 2 amide bonds. The molecule has 13 heteroatoms. The summed E-state index contributed by atoms with van der Waals surface area (Å²) in [5.74, 6) is -0.193. The first kappa shape index (κ1) is 32.1. The summed E-state index contributed by atoms with van der Waals surface area (Å²) in [4.78, 5) is 41.5. The summed E-state index contributed by atoms with van der Waals surface area (Å²) in [6.45, 7) is 9.25. The minimum Gasteiger partial charge on any atom is -0.444 e. The molecule has 248 valence electrons. The van der Waals surface area contributed by atoms with Gasteiger partial charge < -0.3 is 35.3 Å². The lowest BCUT2D eigenvalue weighted by atomic mass is 9.96. The molecule has 0 radical (unpaired) electrons. The third-order valence-electron chi connectivity index (χ3n) is 9.50. The van der Waals surface area contributed by atoms with Gasteiger partial charge in [0.2, 0.25) is 0 Å². The lowest BCUT2D eigenvalue weighted by Gasteiger charge is -2.39. The van der Waals surface area contributed by atoms with Crippen LogP contribution in [0.15, 0.2) is 30.9 Å². The molecule has 2 aliphatic heterocycles. The van der Waals surface area contributed by atoms with Crippen molar-refractivity contribution in [3.63, 3.8) is 0 Å². The molecule has 7 rings (SSSR count). The molecule has 4 aliphatic rings. The van der Waals surface area contributed by atoms with Gasteiger partial charge in [-0.3, -0.25) is 4.79 Å². The number of halogens is 1. The number of nitrogens with two attached hydrogens (primary N) is 1. The number of carbonyl (C=O) groups excluding carboxylic acids is 2. The van der Waals surface area contributed by atoms with Crippen LogP contribution >= 0.6 is 0 Å². The van der Waals surface area contributed by atoms with Crippen LogP contribution in [-0.4, -0.2) is 85.2 Å². The number of fused-ring (bicyclic) bond motifs is 1. The molecule has 46 heavy (non-hydrogen) atoms. The van der Waals surface area contributed by atoms with Crippen LogP contribution in [-0.2, 0) is 4.74 Å². The van der Waals surface area contributed by atoms with Crippen molar-refractivity contribution in [1.82, 2.24) is 29.6 Å². The number of aryl methyl sites for hydroxylation is 1. The Balaban J connectivity index is 0.000000196. The van der Waals surface area contributed by atoms with Gasteiger partial charge in [0, 0.05) is 55.2 Å². The maximum Gasteiger partial charge on any atom is 0.410 e. The summed E-state index contributed by atoms with van der Waals surface area (Å²) in [5, 5.41) is 6.30. The predicted octanol–water partition coefficient (Wildman–Crippen LogP) is 4.42. The van der Waals surface area contributed by atoms with Gasteiger partial charge in [-0.15, -0.1) is 0 Å². The van der Waals surface area contributed by atoms with Gasteiger partial charge in [-0.2, -0.15) is 0 Å². The highest BCUT2D eigenvalue weighted by Gasteiger charge is 2.53. The number of nitrogens with one attached hydrogen (secondary N) is 2. The molecular weight excluding hydrogens is 589 g/mol. The predicted molar refractivity (Wildman–Crippen MR) is 173 cm³/mol. The van der Waals surface area contributed by atoms with Gasteiger partial charge in [-0.1, -0.05) is 0 Å². The molecule has 0 aromatic carbocycles. The number of nitrogens with zero attached hydrogens (tertiary/aromatic N) is 6. The average Bonchev–Trinajstić information content (AvgIpc) is 3.89. The summed E-state index contributed by atoms with van der Waals surface area (Å²) in [6.07, 6.45) is 14.9. The quantitative estimate of drug-likeness (QED) is 0.380. The van der Waals surface area contributed by atoms with Crippen molar-refractivity contribution in [3.05, 3.63) is 48.1 Å². The zero-order valence-electron chi connectivity index (χ0n) is 27.5. The number of rotatable bonds is 4. The summed E-state index contributed by atoms with van der Waals surface area (Å²) >= 11 is 0. The maximum atomic E-state index is 14.2. The third-order valence-corrected chi connectivity index (χ3v) is 9.50. The topological polar surface area (TPSA) is 143 Å². The average molecular weight is 636 g/mol. The zero-order valence-corrected chi connectivity index (χ0v) is 27.5. The van der Waals surface area contributed by atoms with Gasteiger partial charge >= 0.3 is 6.09 Å². The number of imidazole rings is 1. The Morgan fingerprint density at radius 2 is 1.89 bits per heavy atom. The van der Waals surface area contributed by atoms with E-state index in [1.54, 1.807) is 29.9 Å². The van der Waals surface area contributed by atoms with Gasteiger partial charge in [-0.05, 0) is 85.6 Å². The van der Waals surface area contributed by atoms with E-state index >= 15 is 0 Å². The first-order valence-corrected chi connectivity index (χ1v) is 16.3. The Morgan fingerprint density at radius 3 is 2.54 bits per heavy atom. The molecule has 4 fully saturated rings. The summed E-state index contributed by atoms with van der Waals surface area (Å²) in [6, 6.07) is 1.91. The van der Waals surface area contributed by atoms with E-state index in [9.17, 15) is 14.0 Å². The normalized spacial score (nSPS) is 22.6. The maximum absolute atomic E-state index is 14.2. The monoisotopic (exact) mass is 635 g/mol. The second-order valence-corrected chi connectivity index (χ2v) is 14.5. The van der Waals surface area contributed by atoms with Crippen LogP contribution in [0.1, 0.15) is 88.3 Å². The van der Waals surface area contributed by atoms with Crippen molar-refractivity contribution in [2.24, 2.45) is 5.73 Å². The summed E-state index contributed by atoms with van der Waals surface area (Å²) < 4.78 is 21.2. The number of anilines is 2. The van der Waals surface area contributed by atoms with E-state index in [1.165, 1.54) is 25.1 Å². The number of piperidine rings is 2. The van der Waals surface area contributed by atoms with Crippen LogP contribution in [0.5, 0.6) is 0 Å².